The molecule has 2 aliphatic heterocycles. The van der Waals surface area contributed by atoms with Crippen molar-refractivity contribution in [2.75, 3.05) is 27.9 Å². The Morgan fingerprint density at radius 2 is 1.68 bits per heavy atom. The highest BCUT2D eigenvalue weighted by atomic mass is 35.5. The molecule has 2 saturated carbocycles. The van der Waals surface area contributed by atoms with Crippen molar-refractivity contribution in [3.8, 4) is 0 Å². The summed E-state index contributed by atoms with van der Waals surface area (Å²) in [4.78, 5) is 10.3. The molecule has 0 aromatic rings. The lowest BCUT2D eigenvalue weighted by atomic mass is 9.76. The van der Waals surface area contributed by atoms with E-state index in [2.05, 4.69) is 0 Å². The van der Waals surface area contributed by atoms with E-state index in [0.717, 1.165) is 0 Å². The summed E-state index contributed by atoms with van der Waals surface area (Å²) in [5.74, 6) is -3.04. The lowest BCUT2D eigenvalue weighted by Crippen LogP contribution is -2.66. The van der Waals surface area contributed by atoms with Gasteiger partial charge >= 0.3 is 0 Å². The lowest BCUT2D eigenvalue weighted by molar-refractivity contribution is -0.263. The van der Waals surface area contributed by atoms with Crippen molar-refractivity contribution in [3.63, 3.8) is 0 Å². The maximum atomic E-state index is 13.6. The van der Waals surface area contributed by atoms with E-state index in [9.17, 15) is 4.79 Å². The van der Waals surface area contributed by atoms with Crippen LogP contribution in [0.25, 0.3) is 0 Å². The molecule has 25 heavy (non-hydrogen) atoms. The first-order valence-corrected chi connectivity index (χ1v) is 8.91. The van der Waals surface area contributed by atoms with Crippen LogP contribution >= 0.6 is 23.2 Å². The van der Waals surface area contributed by atoms with Crippen LogP contribution in [-0.2, 0) is 33.2 Å². The second-order valence-electron chi connectivity index (χ2n) is 7.45. The summed E-state index contributed by atoms with van der Waals surface area (Å²) in [6.07, 6.45) is -1.64. The van der Waals surface area contributed by atoms with Gasteiger partial charge in [-0.3, -0.25) is 4.79 Å². The van der Waals surface area contributed by atoms with Gasteiger partial charge in [-0.25, -0.2) is 0 Å². The van der Waals surface area contributed by atoms with Gasteiger partial charge in [0, 0.05) is 27.8 Å². The maximum absolute atomic E-state index is 13.6. The number of hydrogen-bond acceptors (Lipinski definition) is 7. The number of methoxy groups -OCH3 is 3. The van der Waals surface area contributed by atoms with Crippen molar-refractivity contribution in [3.05, 3.63) is 0 Å². The molecule has 0 aromatic carbocycles. The van der Waals surface area contributed by atoms with Crippen LogP contribution in [0.4, 0.5) is 0 Å². The fraction of sp³-hybridized carbons (Fsp3) is 0.938. The zero-order valence-electron chi connectivity index (χ0n) is 14.8. The van der Waals surface area contributed by atoms with E-state index in [1.165, 1.54) is 14.2 Å². The van der Waals surface area contributed by atoms with E-state index in [-0.39, 0.29) is 19.1 Å². The molecule has 6 atom stereocenters. The molecule has 4 rings (SSSR count). The van der Waals surface area contributed by atoms with Crippen molar-refractivity contribution >= 4 is 29.0 Å². The smallest absolute Gasteiger partial charge is 0.223 e. The van der Waals surface area contributed by atoms with E-state index < -0.39 is 44.9 Å². The molecule has 2 aliphatic carbocycles. The van der Waals surface area contributed by atoms with E-state index in [0.29, 0.717) is 0 Å². The summed E-state index contributed by atoms with van der Waals surface area (Å²) < 4.78 is 34.7. The third kappa shape index (κ3) is 1.65. The van der Waals surface area contributed by atoms with Crippen molar-refractivity contribution in [2.24, 2.45) is 0 Å². The molecule has 0 amide bonds. The molecule has 0 radical (unpaired) electrons. The van der Waals surface area contributed by atoms with Crippen LogP contribution in [0, 0.1) is 0 Å². The maximum Gasteiger partial charge on any atom is 0.223 e. The molecular formula is C16H22Cl2O7. The first kappa shape index (κ1) is 18.4. The number of alkyl halides is 2. The van der Waals surface area contributed by atoms with E-state index in [4.69, 9.17) is 51.6 Å². The highest BCUT2D eigenvalue weighted by Gasteiger charge is 2.97. The molecule has 0 aromatic heterocycles. The van der Waals surface area contributed by atoms with Crippen LogP contribution in [-0.4, -0.2) is 79.0 Å². The van der Waals surface area contributed by atoms with Crippen LogP contribution in [0.5, 0.6) is 0 Å². The number of Topliss-reactive ketones (excluding diaryl/α,β-unsaturated/α-hetero) is 1. The second kappa shape index (κ2) is 5.08. The summed E-state index contributed by atoms with van der Waals surface area (Å²) in [6, 6.07) is 0. The summed E-state index contributed by atoms with van der Waals surface area (Å²) in [7, 11) is 4.36. The SMILES string of the molecule is CO[C@@H]1CO[C@]2(C1)C(=O)[C@]1(Cl)[C@@H]3OC(C)(C)O[C@@H]3[C@@]2(Cl)C1(OC)OC. The fourth-order valence-corrected chi connectivity index (χ4v) is 6.47. The van der Waals surface area contributed by atoms with Crippen molar-refractivity contribution in [2.45, 2.75) is 65.5 Å². The Labute approximate surface area is 156 Å². The zero-order valence-corrected chi connectivity index (χ0v) is 16.3. The van der Waals surface area contributed by atoms with Gasteiger partial charge in [-0.1, -0.05) is 0 Å². The topological polar surface area (TPSA) is 72.5 Å². The molecule has 4 aliphatic rings. The predicted molar refractivity (Wildman–Crippen MR) is 86.8 cm³/mol. The summed E-state index contributed by atoms with van der Waals surface area (Å²) in [5.41, 5.74) is -1.45. The largest absolute Gasteiger partial charge is 0.379 e. The molecular weight excluding hydrogens is 375 g/mol. The molecule has 142 valence electrons. The van der Waals surface area contributed by atoms with Gasteiger partial charge in [-0.05, 0) is 13.8 Å². The van der Waals surface area contributed by atoms with Gasteiger partial charge in [0.25, 0.3) is 0 Å². The number of rotatable bonds is 3. The van der Waals surface area contributed by atoms with Gasteiger partial charge in [0.15, 0.2) is 26.9 Å². The zero-order chi connectivity index (χ0) is 18.5. The normalized spacial score (nSPS) is 52.3. The third-order valence-electron chi connectivity index (χ3n) is 6.06. The molecule has 2 bridgehead atoms. The first-order valence-electron chi connectivity index (χ1n) is 8.15. The number of hydrogen-bond donors (Lipinski definition) is 0. The summed E-state index contributed by atoms with van der Waals surface area (Å²) >= 11 is 14.1. The van der Waals surface area contributed by atoms with Crippen LogP contribution < -0.4 is 0 Å². The number of ketones is 1. The van der Waals surface area contributed by atoms with Gasteiger partial charge in [0.2, 0.25) is 5.79 Å². The Balaban J connectivity index is 1.95. The minimum atomic E-state index is -1.71. The highest BCUT2D eigenvalue weighted by Crippen LogP contribution is 2.73. The Morgan fingerprint density at radius 1 is 1.08 bits per heavy atom. The Morgan fingerprint density at radius 3 is 2.20 bits per heavy atom. The van der Waals surface area contributed by atoms with E-state index >= 15 is 0 Å². The third-order valence-corrected chi connectivity index (χ3v) is 7.47. The lowest BCUT2D eigenvalue weighted by Gasteiger charge is -2.45. The van der Waals surface area contributed by atoms with E-state index in [1.807, 2.05) is 0 Å². The van der Waals surface area contributed by atoms with Gasteiger partial charge in [-0.2, -0.15) is 0 Å². The second-order valence-corrected chi connectivity index (χ2v) is 8.65. The number of ether oxygens (including phenoxy) is 6. The summed E-state index contributed by atoms with van der Waals surface area (Å²) in [5, 5.41) is 0. The fourth-order valence-electron chi connectivity index (χ4n) is 5.13. The van der Waals surface area contributed by atoms with Crippen molar-refractivity contribution < 1.29 is 33.2 Å². The van der Waals surface area contributed by atoms with Crippen LogP contribution in [0.1, 0.15) is 20.3 Å². The Kier molecular flexibility index (Phi) is 3.74. The number of fused-ring (bicyclic) bond motifs is 6. The average molecular weight is 397 g/mol. The minimum Gasteiger partial charge on any atom is -0.379 e. The van der Waals surface area contributed by atoms with Crippen molar-refractivity contribution in [1.82, 2.24) is 0 Å². The van der Waals surface area contributed by atoms with Crippen LogP contribution in [0.15, 0.2) is 0 Å². The molecule has 4 fully saturated rings. The van der Waals surface area contributed by atoms with Gasteiger partial charge in [0.1, 0.15) is 12.2 Å². The molecule has 0 unspecified atom stereocenters. The molecule has 1 spiro atoms. The quantitative estimate of drug-likeness (QED) is 0.524. The minimum absolute atomic E-state index is 0.217. The van der Waals surface area contributed by atoms with Crippen LogP contribution in [0.2, 0.25) is 0 Å². The first-order chi connectivity index (χ1) is 11.6. The molecule has 2 heterocycles. The standard InChI is InChI=1S/C16H22Cl2O7/c1-12(2)24-9-10(25-12)15(18)13(6-8(20-3)7-23-13)11(19)14(9,17)16(15,21-4)22-5/h8-10H,6-7H2,1-5H3/t8-,9+,10-,13+,14+,15-/m0/s1. The average Bonchev–Trinajstić information content (AvgIpc) is 3.21. The summed E-state index contributed by atoms with van der Waals surface area (Å²) in [6.45, 7) is 3.71. The number of carbonyl (C=O) groups excluding carboxylic acids is 1. The monoisotopic (exact) mass is 396 g/mol. The van der Waals surface area contributed by atoms with Crippen LogP contribution in [0.3, 0.4) is 0 Å². The molecule has 2 saturated heterocycles. The number of carbonyl (C=O) groups is 1. The highest BCUT2D eigenvalue weighted by molar-refractivity contribution is 6.45. The number of halogens is 2. The van der Waals surface area contributed by atoms with Gasteiger partial charge < -0.3 is 28.4 Å². The van der Waals surface area contributed by atoms with Gasteiger partial charge in [-0.15, -0.1) is 23.2 Å². The van der Waals surface area contributed by atoms with Gasteiger partial charge in [0.05, 0.1) is 12.7 Å². The Hall–Kier alpha value is 0.01000. The molecule has 0 N–H and O–H groups in total. The Bertz CT molecular complexity index is 624. The molecule has 7 nitrogen and oxygen atoms in total. The molecule has 9 heteroatoms. The van der Waals surface area contributed by atoms with E-state index in [1.54, 1.807) is 21.0 Å². The van der Waals surface area contributed by atoms with Crippen molar-refractivity contribution in [1.29, 1.82) is 0 Å². The predicted octanol–water partition coefficient (Wildman–Crippen LogP) is 1.22.